The van der Waals surface area contributed by atoms with Crippen LogP contribution in [0.2, 0.25) is 0 Å². The molecule has 2 aromatic heterocycles. The van der Waals surface area contributed by atoms with E-state index in [4.69, 9.17) is 5.73 Å². The van der Waals surface area contributed by atoms with Crippen LogP contribution >= 0.6 is 11.3 Å². The van der Waals surface area contributed by atoms with E-state index in [2.05, 4.69) is 16.9 Å². The van der Waals surface area contributed by atoms with Gasteiger partial charge in [0.1, 0.15) is 22.3 Å². The summed E-state index contributed by atoms with van der Waals surface area (Å²) < 4.78 is 28.1. The van der Waals surface area contributed by atoms with Crippen molar-refractivity contribution in [3.63, 3.8) is 0 Å². The van der Waals surface area contributed by atoms with Crippen molar-refractivity contribution in [3.05, 3.63) is 70.5 Å². The number of Topliss-reactive ketones (excluding diaryl/α,β-unsaturated/α-hetero) is 1. The summed E-state index contributed by atoms with van der Waals surface area (Å²) in [5.74, 6) is -0.752. The van der Waals surface area contributed by atoms with E-state index in [-0.39, 0.29) is 34.5 Å². The van der Waals surface area contributed by atoms with E-state index in [0.717, 1.165) is 41.7 Å². The molecular formula is C23H23F2N3OS. The largest absolute Gasteiger partial charge is 0.328 e. The summed E-state index contributed by atoms with van der Waals surface area (Å²) in [4.78, 5) is 21.3. The Labute approximate surface area is 178 Å². The molecule has 1 aliphatic rings. The van der Waals surface area contributed by atoms with Crippen molar-refractivity contribution in [3.8, 4) is 10.6 Å². The zero-order valence-electron chi connectivity index (χ0n) is 16.6. The predicted octanol–water partition coefficient (Wildman–Crippen LogP) is 5.14. The van der Waals surface area contributed by atoms with Gasteiger partial charge in [0.15, 0.2) is 5.78 Å². The van der Waals surface area contributed by atoms with Gasteiger partial charge in [-0.05, 0) is 60.4 Å². The number of halogens is 2. The van der Waals surface area contributed by atoms with Gasteiger partial charge in [-0.2, -0.15) is 0 Å². The van der Waals surface area contributed by atoms with Crippen molar-refractivity contribution in [1.29, 1.82) is 0 Å². The molecule has 2 N–H and O–H groups in total. The maximum Gasteiger partial charge on any atom is 0.186 e. The van der Waals surface area contributed by atoms with Crippen LogP contribution < -0.4 is 5.73 Å². The van der Waals surface area contributed by atoms with Gasteiger partial charge in [-0.15, -0.1) is 11.3 Å². The second kappa shape index (κ2) is 8.70. The average molecular weight is 428 g/mol. The third kappa shape index (κ3) is 4.32. The Kier molecular flexibility index (Phi) is 6.01. The highest BCUT2D eigenvalue weighted by Gasteiger charge is 2.27. The summed E-state index contributed by atoms with van der Waals surface area (Å²) in [7, 11) is 0. The third-order valence-electron chi connectivity index (χ3n) is 5.68. The second-order valence-corrected chi connectivity index (χ2v) is 8.94. The van der Waals surface area contributed by atoms with E-state index in [0.29, 0.717) is 11.8 Å². The first kappa shape index (κ1) is 20.8. The first-order valence-electron chi connectivity index (χ1n) is 10.0. The number of carbonyl (C=O) groups is 1. The van der Waals surface area contributed by atoms with Gasteiger partial charge in [0, 0.05) is 30.2 Å². The van der Waals surface area contributed by atoms with Gasteiger partial charge >= 0.3 is 0 Å². The SMILES string of the molecule is C[C@H]1C[C@@H](N)C[C@@H](c2ccncc2CC(=O)c2csc(-c3c(F)cccc3F)n2)C1. The number of aromatic nitrogens is 2. The molecule has 0 spiro atoms. The van der Waals surface area contributed by atoms with Crippen LogP contribution in [0.15, 0.2) is 42.0 Å². The fraction of sp³-hybridized carbons (Fsp3) is 0.348. The molecule has 1 aliphatic carbocycles. The average Bonchev–Trinajstić information content (AvgIpc) is 3.17. The zero-order valence-corrected chi connectivity index (χ0v) is 17.5. The van der Waals surface area contributed by atoms with Crippen molar-refractivity contribution in [2.24, 2.45) is 11.7 Å². The maximum atomic E-state index is 14.0. The molecule has 0 saturated heterocycles. The number of benzene rings is 1. The summed E-state index contributed by atoms with van der Waals surface area (Å²) in [5, 5.41) is 1.71. The van der Waals surface area contributed by atoms with E-state index in [9.17, 15) is 13.6 Å². The number of thiazole rings is 1. The fourth-order valence-corrected chi connectivity index (χ4v) is 5.25. The molecule has 30 heavy (non-hydrogen) atoms. The highest BCUT2D eigenvalue weighted by Crippen LogP contribution is 2.37. The number of nitrogens with zero attached hydrogens (tertiary/aromatic N) is 2. The van der Waals surface area contributed by atoms with Crippen molar-refractivity contribution in [2.75, 3.05) is 0 Å². The van der Waals surface area contributed by atoms with Gasteiger partial charge in [-0.3, -0.25) is 9.78 Å². The summed E-state index contributed by atoms with van der Waals surface area (Å²) >= 11 is 1.06. The lowest BCUT2D eigenvalue weighted by Crippen LogP contribution is -2.31. The Morgan fingerprint density at radius 1 is 1.20 bits per heavy atom. The smallest absolute Gasteiger partial charge is 0.186 e. The number of nitrogens with two attached hydrogens (primary N) is 1. The Morgan fingerprint density at radius 2 is 1.97 bits per heavy atom. The standard InChI is InChI=1S/C23H23F2N3OS/c1-13-7-14(9-16(26)8-13)17-5-6-27-11-15(17)10-21(29)20-12-30-23(28-20)22-18(24)3-2-4-19(22)25/h2-6,11-14,16H,7-10,26H2,1H3/t13-,14+,16-/m1/s1. The van der Waals surface area contributed by atoms with Gasteiger partial charge in [-0.25, -0.2) is 13.8 Å². The summed E-state index contributed by atoms with van der Waals surface area (Å²) in [6.07, 6.45) is 6.56. The van der Waals surface area contributed by atoms with Crippen molar-refractivity contribution >= 4 is 17.1 Å². The van der Waals surface area contributed by atoms with Gasteiger partial charge < -0.3 is 5.73 Å². The summed E-state index contributed by atoms with van der Waals surface area (Å²) in [5.41, 5.74) is 8.20. The van der Waals surface area contributed by atoms with Gasteiger partial charge in [0.05, 0.1) is 5.56 Å². The fourth-order valence-electron chi connectivity index (χ4n) is 4.38. The van der Waals surface area contributed by atoms with E-state index in [1.165, 1.54) is 18.2 Å². The van der Waals surface area contributed by atoms with Crippen molar-refractivity contribution < 1.29 is 13.6 Å². The monoisotopic (exact) mass is 427 g/mol. The Hall–Kier alpha value is -2.51. The Bertz CT molecular complexity index is 1040. The minimum absolute atomic E-state index is 0.145. The summed E-state index contributed by atoms with van der Waals surface area (Å²) in [6, 6.07) is 5.79. The normalized spacial score (nSPS) is 21.5. The molecular weight excluding hydrogens is 404 g/mol. The molecule has 0 unspecified atom stereocenters. The van der Waals surface area contributed by atoms with E-state index >= 15 is 0 Å². The quantitative estimate of drug-likeness (QED) is 0.573. The molecule has 4 nitrogen and oxygen atoms in total. The lowest BCUT2D eigenvalue weighted by molar-refractivity contribution is 0.0988. The van der Waals surface area contributed by atoms with Crippen LogP contribution in [0.1, 0.15) is 53.7 Å². The molecule has 1 saturated carbocycles. The predicted molar refractivity (Wildman–Crippen MR) is 113 cm³/mol. The second-order valence-electron chi connectivity index (χ2n) is 8.08. The van der Waals surface area contributed by atoms with E-state index in [1.807, 2.05) is 6.07 Å². The van der Waals surface area contributed by atoms with Crippen LogP contribution in [0.3, 0.4) is 0 Å². The van der Waals surface area contributed by atoms with Crippen LogP contribution in [0.5, 0.6) is 0 Å². The zero-order chi connectivity index (χ0) is 21.3. The molecule has 0 aliphatic heterocycles. The number of pyridine rings is 1. The summed E-state index contributed by atoms with van der Waals surface area (Å²) in [6.45, 7) is 2.21. The lowest BCUT2D eigenvalue weighted by atomic mass is 9.75. The minimum Gasteiger partial charge on any atom is -0.328 e. The van der Waals surface area contributed by atoms with Gasteiger partial charge in [-0.1, -0.05) is 13.0 Å². The van der Waals surface area contributed by atoms with Crippen molar-refractivity contribution in [2.45, 2.75) is 44.6 Å². The van der Waals surface area contributed by atoms with E-state index in [1.54, 1.807) is 17.8 Å². The van der Waals surface area contributed by atoms with E-state index < -0.39 is 11.6 Å². The van der Waals surface area contributed by atoms with Crippen LogP contribution in [0, 0.1) is 17.6 Å². The number of hydrogen-bond acceptors (Lipinski definition) is 5. The molecule has 0 amide bonds. The molecule has 3 atom stereocenters. The first-order valence-corrected chi connectivity index (χ1v) is 10.9. The van der Waals surface area contributed by atoms with Crippen molar-refractivity contribution in [1.82, 2.24) is 9.97 Å². The molecule has 156 valence electrons. The number of hydrogen-bond donors (Lipinski definition) is 1. The first-order chi connectivity index (χ1) is 14.4. The third-order valence-corrected chi connectivity index (χ3v) is 6.54. The Balaban J connectivity index is 1.57. The van der Waals surface area contributed by atoms with Gasteiger partial charge in [0.2, 0.25) is 0 Å². The highest BCUT2D eigenvalue weighted by molar-refractivity contribution is 7.13. The molecule has 2 heterocycles. The molecule has 0 radical (unpaired) electrons. The Morgan fingerprint density at radius 3 is 2.70 bits per heavy atom. The molecule has 3 aromatic rings. The molecule has 1 fully saturated rings. The molecule has 0 bridgehead atoms. The molecule has 1 aromatic carbocycles. The maximum absolute atomic E-state index is 14.0. The van der Waals surface area contributed by atoms with Crippen LogP contribution in [0.4, 0.5) is 8.78 Å². The van der Waals surface area contributed by atoms with Crippen LogP contribution in [0.25, 0.3) is 10.6 Å². The number of rotatable bonds is 5. The molecule has 4 rings (SSSR count). The topological polar surface area (TPSA) is 68.9 Å². The number of carbonyl (C=O) groups excluding carboxylic acids is 1. The van der Waals surface area contributed by atoms with Crippen LogP contribution in [-0.4, -0.2) is 21.8 Å². The minimum atomic E-state index is -0.694. The van der Waals surface area contributed by atoms with Gasteiger partial charge in [0.25, 0.3) is 0 Å². The number of ketones is 1. The lowest BCUT2D eigenvalue weighted by Gasteiger charge is -2.32. The highest BCUT2D eigenvalue weighted by atomic mass is 32.1. The molecule has 7 heteroatoms. The van der Waals surface area contributed by atoms with Crippen LogP contribution in [-0.2, 0) is 6.42 Å².